The maximum absolute atomic E-state index is 10.7. The average molecular weight is 246 g/mol. The van der Waals surface area contributed by atoms with E-state index in [1.54, 1.807) is 0 Å². The zero-order chi connectivity index (χ0) is 11.3. The van der Waals surface area contributed by atoms with Gasteiger partial charge in [-0.05, 0) is 6.92 Å². The van der Waals surface area contributed by atoms with Crippen molar-refractivity contribution in [1.29, 1.82) is 0 Å². The fraction of sp³-hybridized carbons (Fsp3) is 0.375. The van der Waals surface area contributed by atoms with E-state index in [9.17, 15) is 4.79 Å². The first-order chi connectivity index (χ1) is 7.13. The SMILES string of the molecule is CON=C(CSc1nc(C)cs1)C(=O)O. The van der Waals surface area contributed by atoms with Gasteiger partial charge in [0.25, 0.3) is 0 Å². The molecular weight excluding hydrogens is 236 g/mol. The second kappa shape index (κ2) is 5.72. The summed E-state index contributed by atoms with van der Waals surface area (Å²) in [5.74, 6) is -0.825. The molecule has 5 nitrogen and oxygen atoms in total. The van der Waals surface area contributed by atoms with E-state index in [-0.39, 0.29) is 11.5 Å². The first-order valence-corrected chi connectivity index (χ1v) is 5.88. The first kappa shape index (κ1) is 12.0. The van der Waals surface area contributed by atoms with Crippen LogP contribution in [0.4, 0.5) is 0 Å². The fourth-order valence-electron chi connectivity index (χ4n) is 0.766. The van der Waals surface area contributed by atoms with Gasteiger partial charge in [-0.25, -0.2) is 9.78 Å². The molecule has 7 heteroatoms. The molecule has 15 heavy (non-hydrogen) atoms. The van der Waals surface area contributed by atoms with Gasteiger partial charge < -0.3 is 9.94 Å². The fourth-order valence-corrected chi connectivity index (χ4v) is 2.53. The lowest BCUT2D eigenvalue weighted by Gasteiger charge is -1.97. The zero-order valence-corrected chi connectivity index (χ0v) is 9.89. The Hall–Kier alpha value is -1.08. The summed E-state index contributed by atoms with van der Waals surface area (Å²) in [5.41, 5.74) is 0.915. The lowest BCUT2D eigenvalue weighted by atomic mass is 10.4. The van der Waals surface area contributed by atoms with Gasteiger partial charge in [-0.1, -0.05) is 16.9 Å². The topological polar surface area (TPSA) is 71.8 Å². The molecule has 1 N–H and O–H groups in total. The second-order valence-electron chi connectivity index (χ2n) is 2.57. The van der Waals surface area contributed by atoms with Crippen molar-refractivity contribution in [3.63, 3.8) is 0 Å². The largest absolute Gasteiger partial charge is 0.477 e. The smallest absolute Gasteiger partial charge is 0.354 e. The van der Waals surface area contributed by atoms with Gasteiger partial charge in [-0.2, -0.15) is 0 Å². The molecule has 0 aromatic carbocycles. The third kappa shape index (κ3) is 3.88. The molecule has 1 rings (SSSR count). The number of hydrogen-bond donors (Lipinski definition) is 1. The Morgan fingerprint density at radius 3 is 3.00 bits per heavy atom. The van der Waals surface area contributed by atoms with Crippen LogP contribution in [0.25, 0.3) is 0 Å². The van der Waals surface area contributed by atoms with Gasteiger partial charge in [0.1, 0.15) is 11.4 Å². The van der Waals surface area contributed by atoms with Crippen molar-refractivity contribution in [3.05, 3.63) is 11.1 Å². The molecule has 0 aliphatic carbocycles. The van der Waals surface area contributed by atoms with E-state index >= 15 is 0 Å². The van der Waals surface area contributed by atoms with Gasteiger partial charge in [0.15, 0.2) is 5.71 Å². The van der Waals surface area contributed by atoms with Crippen molar-refractivity contribution in [3.8, 4) is 0 Å². The lowest BCUT2D eigenvalue weighted by Crippen LogP contribution is -2.15. The number of hydrogen-bond acceptors (Lipinski definition) is 6. The highest BCUT2D eigenvalue weighted by molar-refractivity contribution is 8.01. The van der Waals surface area contributed by atoms with Gasteiger partial charge in [-0.3, -0.25) is 0 Å². The van der Waals surface area contributed by atoms with Crippen LogP contribution < -0.4 is 0 Å². The number of oxime groups is 1. The van der Waals surface area contributed by atoms with E-state index < -0.39 is 5.97 Å². The number of carbonyl (C=O) groups is 1. The summed E-state index contributed by atoms with van der Waals surface area (Å²) >= 11 is 2.82. The predicted octanol–water partition coefficient (Wildman–Crippen LogP) is 1.63. The van der Waals surface area contributed by atoms with Crippen LogP contribution >= 0.6 is 23.1 Å². The summed E-state index contributed by atoms with van der Waals surface area (Å²) in [6.45, 7) is 1.89. The van der Waals surface area contributed by atoms with Crippen molar-refractivity contribution in [2.75, 3.05) is 12.9 Å². The first-order valence-electron chi connectivity index (χ1n) is 4.01. The highest BCUT2D eigenvalue weighted by Gasteiger charge is 2.12. The third-order valence-corrected chi connectivity index (χ3v) is 3.53. The van der Waals surface area contributed by atoms with Crippen molar-refractivity contribution < 1.29 is 14.7 Å². The Morgan fingerprint density at radius 2 is 2.53 bits per heavy atom. The Morgan fingerprint density at radius 1 is 1.80 bits per heavy atom. The molecule has 0 spiro atoms. The molecule has 0 saturated carbocycles. The van der Waals surface area contributed by atoms with Crippen molar-refractivity contribution in [2.45, 2.75) is 11.3 Å². The standard InChI is InChI=1S/C8H10N2O3S2/c1-5-3-14-8(9-5)15-4-6(7(11)12)10-13-2/h3H,4H2,1-2H3,(H,11,12). The average Bonchev–Trinajstić information content (AvgIpc) is 2.58. The molecule has 0 aliphatic rings. The number of aromatic nitrogens is 1. The third-order valence-electron chi connectivity index (χ3n) is 1.38. The van der Waals surface area contributed by atoms with Gasteiger partial charge in [0, 0.05) is 11.1 Å². The Kier molecular flexibility index (Phi) is 4.57. The molecule has 1 heterocycles. The monoisotopic (exact) mass is 246 g/mol. The quantitative estimate of drug-likeness (QED) is 0.485. The molecule has 0 radical (unpaired) electrons. The number of carboxylic acids is 1. The van der Waals surface area contributed by atoms with E-state index in [1.807, 2.05) is 12.3 Å². The number of thioether (sulfide) groups is 1. The highest BCUT2D eigenvalue weighted by atomic mass is 32.2. The molecule has 0 bridgehead atoms. The Bertz CT molecular complexity index is 376. The Labute approximate surface area is 95.2 Å². The molecule has 0 unspecified atom stereocenters. The summed E-state index contributed by atoms with van der Waals surface area (Å²) in [5, 5.41) is 14.1. The van der Waals surface area contributed by atoms with Crippen molar-refractivity contribution in [2.24, 2.45) is 5.16 Å². The number of rotatable bonds is 5. The Balaban J connectivity index is 2.54. The number of aryl methyl sites for hydroxylation is 1. The minimum absolute atomic E-state index is 0.0182. The van der Waals surface area contributed by atoms with Gasteiger partial charge in [0.05, 0.1) is 5.75 Å². The number of aliphatic carboxylic acids is 1. The molecule has 0 amide bonds. The van der Waals surface area contributed by atoms with Crippen molar-refractivity contribution in [1.82, 2.24) is 4.98 Å². The molecule has 1 aromatic heterocycles. The van der Waals surface area contributed by atoms with E-state index in [4.69, 9.17) is 5.11 Å². The zero-order valence-electron chi connectivity index (χ0n) is 8.26. The summed E-state index contributed by atoms with van der Waals surface area (Å²) < 4.78 is 0.831. The molecule has 0 saturated heterocycles. The molecular formula is C8H10N2O3S2. The molecule has 1 aromatic rings. The van der Waals surface area contributed by atoms with E-state index in [1.165, 1.54) is 30.2 Å². The summed E-state index contributed by atoms with van der Waals surface area (Å²) in [6, 6.07) is 0. The van der Waals surface area contributed by atoms with Gasteiger partial charge >= 0.3 is 5.97 Å². The minimum Gasteiger partial charge on any atom is -0.477 e. The predicted molar refractivity (Wildman–Crippen MR) is 59.7 cm³/mol. The number of nitrogens with zero attached hydrogens (tertiary/aromatic N) is 2. The van der Waals surface area contributed by atoms with Crippen molar-refractivity contribution >= 4 is 34.8 Å². The van der Waals surface area contributed by atoms with Crippen LogP contribution in [-0.2, 0) is 9.63 Å². The maximum Gasteiger partial charge on any atom is 0.354 e. The maximum atomic E-state index is 10.7. The summed E-state index contributed by atoms with van der Waals surface area (Å²) in [7, 11) is 1.32. The van der Waals surface area contributed by atoms with Crippen LogP contribution in [0.5, 0.6) is 0 Å². The normalized spacial score (nSPS) is 11.5. The summed E-state index contributed by atoms with van der Waals surface area (Å²) in [6.07, 6.45) is 0. The second-order valence-corrected chi connectivity index (χ2v) is 4.65. The van der Waals surface area contributed by atoms with Crippen LogP contribution in [0.2, 0.25) is 0 Å². The molecule has 0 fully saturated rings. The van der Waals surface area contributed by atoms with Crippen LogP contribution in [-0.4, -0.2) is 34.6 Å². The molecule has 0 aliphatic heterocycles. The van der Waals surface area contributed by atoms with Crippen LogP contribution in [0.3, 0.4) is 0 Å². The lowest BCUT2D eigenvalue weighted by molar-refractivity contribution is -0.129. The molecule has 0 atom stereocenters. The number of carboxylic acid groups (broad SMARTS) is 1. The minimum atomic E-state index is -1.07. The van der Waals surface area contributed by atoms with E-state index in [0.717, 1.165) is 10.0 Å². The van der Waals surface area contributed by atoms with Crippen LogP contribution in [0.1, 0.15) is 5.69 Å². The van der Waals surface area contributed by atoms with Gasteiger partial charge in [0.2, 0.25) is 0 Å². The van der Waals surface area contributed by atoms with E-state index in [0.29, 0.717) is 0 Å². The number of thiazole rings is 1. The van der Waals surface area contributed by atoms with Crippen LogP contribution in [0, 0.1) is 6.92 Å². The van der Waals surface area contributed by atoms with Crippen LogP contribution in [0.15, 0.2) is 14.9 Å². The summed E-state index contributed by atoms with van der Waals surface area (Å²) in [4.78, 5) is 19.3. The highest BCUT2D eigenvalue weighted by Crippen LogP contribution is 2.22. The van der Waals surface area contributed by atoms with Gasteiger partial charge in [-0.15, -0.1) is 11.3 Å². The molecule has 82 valence electrons. The van der Waals surface area contributed by atoms with E-state index in [2.05, 4.69) is 15.0 Å².